The number of hydrogen-bond acceptors (Lipinski definition) is 5. The lowest BCUT2D eigenvalue weighted by Crippen LogP contribution is -2.46. The Hall–Kier alpha value is -2.28. The van der Waals surface area contributed by atoms with Crippen molar-refractivity contribution in [2.24, 2.45) is 5.92 Å². The highest BCUT2D eigenvalue weighted by atomic mass is 16.5. The summed E-state index contributed by atoms with van der Waals surface area (Å²) in [4.78, 5) is 25.9. The van der Waals surface area contributed by atoms with Crippen LogP contribution in [0.15, 0.2) is 18.2 Å². The highest BCUT2D eigenvalue weighted by Gasteiger charge is 2.56. The van der Waals surface area contributed by atoms with Gasteiger partial charge in [0.15, 0.2) is 0 Å². The van der Waals surface area contributed by atoms with Crippen molar-refractivity contribution in [3.63, 3.8) is 0 Å². The highest BCUT2D eigenvalue weighted by Crippen LogP contribution is 2.43. The van der Waals surface area contributed by atoms with Crippen LogP contribution in [0.1, 0.15) is 31.4 Å². The van der Waals surface area contributed by atoms with Crippen molar-refractivity contribution in [3.05, 3.63) is 23.8 Å². The second-order valence-electron chi connectivity index (χ2n) is 6.45. The van der Waals surface area contributed by atoms with Crippen LogP contribution < -0.4 is 14.8 Å². The first-order valence-electron chi connectivity index (χ1n) is 7.94. The molecule has 3 rings (SSSR count). The van der Waals surface area contributed by atoms with Crippen LogP contribution >= 0.6 is 0 Å². The zero-order valence-corrected chi connectivity index (χ0v) is 14.0. The van der Waals surface area contributed by atoms with E-state index in [1.165, 1.54) is 14.2 Å². The van der Waals surface area contributed by atoms with Crippen molar-refractivity contribution in [3.8, 4) is 11.5 Å². The number of ether oxygens (including phenoxy) is 2. The minimum Gasteiger partial charge on any atom is -0.497 e. The molecular formula is C17H22N2O5. The predicted octanol–water partition coefficient (Wildman–Crippen LogP) is 1.46. The number of aliphatic hydroxyl groups excluding tert-OH is 1. The van der Waals surface area contributed by atoms with E-state index in [9.17, 15) is 14.7 Å². The van der Waals surface area contributed by atoms with Gasteiger partial charge in [-0.25, -0.2) is 4.79 Å². The smallest absolute Gasteiger partial charge is 0.325 e. The zero-order chi connectivity index (χ0) is 17.5. The molecule has 0 aromatic heterocycles. The lowest BCUT2D eigenvalue weighted by Gasteiger charge is -2.23. The Morgan fingerprint density at radius 1 is 1.33 bits per heavy atom. The third kappa shape index (κ3) is 2.69. The summed E-state index contributed by atoms with van der Waals surface area (Å²) in [6.07, 6.45) is 0.803. The van der Waals surface area contributed by atoms with Crippen LogP contribution in [-0.4, -0.2) is 48.2 Å². The molecule has 1 aliphatic carbocycles. The largest absolute Gasteiger partial charge is 0.497 e. The molecule has 2 N–H and O–H groups in total. The molecular weight excluding hydrogens is 312 g/mol. The maximum Gasteiger partial charge on any atom is 0.325 e. The number of hydrogen-bond donors (Lipinski definition) is 2. The van der Waals surface area contributed by atoms with E-state index in [1.54, 1.807) is 25.1 Å². The second-order valence-corrected chi connectivity index (χ2v) is 6.45. The summed E-state index contributed by atoms with van der Waals surface area (Å²) in [5.41, 5.74) is -0.382. The molecule has 130 valence electrons. The van der Waals surface area contributed by atoms with Gasteiger partial charge < -0.3 is 19.9 Å². The minimum atomic E-state index is -1.06. The Morgan fingerprint density at radius 2 is 2.04 bits per heavy atom. The van der Waals surface area contributed by atoms with E-state index in [0.29, 0.717) is 17.1 Å². The van der Waals surface area contributed by atoms with E-state index >= 15 is 0 Å². The number of methoxy groups -OCH3 is 2. The number of urea groups is 1. The Bertz CT molecular complexity index is 673. The first kappa shape index (κ1) is 16.6. The van der Waals surface area contributed by atoms with Gasteiger partial charge in [-0.1, -0.05) is 0 Å². The third-order valence-corrected chi connectivity index (χ3v) is 4.85. The van der Waals surface area contributed by atoms with Crippen molar-refractivity contribution < 1.29 is 24.2 Å². The van der Waals surface area contributed by atoms with E-state index in [0.717, 1.165) is 17.7 Å². The van der Waals surface area contributed by atoms with E-state index in [-0.39, 0.29) is 18.4 Å². The maximum absolute atomic E-state index is 12.6. The molecule has 2 aliphatic rings. The third-order valence-electron chi connectivity index (χ3n) is 4.85. The molecule has 1 aromatic rings. The Morgan fingerprint density at radius 3 is 2.62 bits per heavy atom. The molecule has 1 heterocycles. The molecule has 0 unspecified atom stereocenters. The number of imide groups is 1. The molecule has 1 aromatic carbocycles. The van der Waals surface area contributed by atoms with Crippen LogP contribution in [0.3, 0.4) is 0 Å². The van der Waals surface area contributed by atoms with Crippen molar-refractivity contribution in [2.45, 2.75) is 31.4 Å². The van der Waals surface area contributed by atoms with Crippen molar-refractivity contribution in [1.29, 1.82) is 0 Å². The summed E-state index contributed by atoms with van der Waals surface area (Å²) in [6, 6.07) is 4.57. The van der Waals surface area contributed by atoms with Gasteiger partial charge in [0.1, 0.15) is 23.1 Å². The fourth-order valence-corrected chi connectivity index (χ4v) is 3.19. The van der Waals surface area contributed by atoms with Crippen LogP contribution in [0.2, 0.25) is 0 Å². The summed E-state index contributed by atoms with van der Waals surface area (Å²) in [6.45, 7) is 1.62. The fraction of sp³-hybridized carbons (Fsp3) is 0.529. The number of carbonyl (C=O) groups excluding carboxylic acids is 2. The van der Waals surface area contributed by atoms with Crippen LogP contribution in [0, 0.1) is 5.92 Å². The van der Waals surface area contributed by atoms with Gasteiger partial charge in [-0.3, -0.25) is 9.69 Å². The first-order chi connectivity index (χ1) is 11.4. The van der Waals surface area contributed by atoms with Crippen LogP contribution in [0.25, 0.3) is 0 Å². The number of β-amino-alcohol motifs (C(OH)–C–C–N with tert-alkyl or cyclic N) is 1. The topological polar surface area (TPSA) is 88.1 Å². The molecule has 24 heavy (non-hydrogen) atoms. The fourth-order valence-electron chi connectivity index (χ4n) is 3.19. The molecule has 3 amide bonds. The lowest BCUT2D eigenvalue weighted by atomic mass is 9.96. The molecule has 1 saturated carbocycles. The van der Waals surface area contributed by atoms with Gasteiger partial charge in [0.25, 0.3) is 5.91 Å². The van der Waals surface area contributed by atoms with Gasteiger partial charge in [0, 0.05) is 5.56 Å². The van der Waals surface area contributed by atoms with E-state index in [1.807, 2.05) is 0 Å². The zero-order valence-electron chi connectivity index (χ0n) is 14.0. The predicted molar refractivity (Wildman–Crippen MR) is 85.9 cm³/mol. The normalized spacial score (nSPS) is 24.8. The molecule has 1 saturated heterocycles. The van der Waals surface area contributed by atoms with Gasteiger partial charge in [0.05, 0.1) is 20.8 Å². The summed E-state index contributed by atoms with van der Waals surface area (Å²) in [5, 5.41) is 13.3. The molecule has 2 atom stereocenters. The molecule has 7 nitrogen and oxygen atoms in total. The quantitative estimate of drug-likeness (QED) is 0.769. The second kappa shape index (κ2) is 5.98. The highest BCUT2D eigenvalue weighted by molar-refractivity contribution is 6.07. The minimum absolute atomic E-state index is 0.128. The van der Waals surface area contributed by atoms with E-state index in [4.69, 9.17) is 9.47 Å². The first-order valence-corrected chi connectivity index (χ1v) is 7.94. The summed E-state index contributed by atoms with van der Waals surface area (Å²) in [7, 11) is 3.02. The van der Waals surface area contributed by atoms with E-state index < -0.39 is 17.7 Å². The van der Waals surface area contributed by atoms with Crippen molar-refractivity contribution in [2.75, 3.05) is 20.8 Å². The number of carbonyl (C=O) groups is 2. The van der Waals surface area contributed by atoms with Gasteiger partial charge >= 0.3 is 6.03 Å². The molecule has 2 fully saturated rings. The number of nitrogens with zero attached hydrogens (tertiary/aromatic N) is 1. The van der Waals surface area contributed by atoms with Crippen molar-refractivity contribution >= 4 is 11.9 Å². The molecule has 7 heteroatoms. The van der Waals surface area contributed by atoms with Gasteiger partial charge in [0.2, 0.25) is 0 Å². The molecule has 0 spiro atoms. The van der Waals surface area contributed by atoms with Crippen LogP contribution in [-0.2, 0) is 4.79 Å². The molecule has 0 radical (unpaired) electrons. The summed E-state index contributed by atoms with van der Waals surface area (Å²) in [5.74, 6) is 0.934. The van der Waals surface area contributed by atoms with Crippen LogP contribution in [0.4, 0.5) is 4.79 Å². The van der Waals surface area contributed by atoms with E-state index in [2.05, 4.69) is 5.32 Å². The summed E-state index contributed by atoms with van der Waals surface area (Å²) >= 11 is 0. The number of rotatable bonds is 6. The Labute approximate surface area is 140 Å². The number of nitrogens with one attached hydrogen (secondary N) is 1. The van der Waals surface area contributed by atoms with Crippen molar-refractivity contribution in [1.82, 2.24) is 10.2 Å². The van der Waals surface area contributed by atoms with Gasteiger partial charge in [-0.15, -0.1) is 0 Å². The lowest BCUT2D eigenvalue weighted by molar-refractivity contribution is -0.132. The Kier molecular flexibility index (Phi) is 4.13. The Balaban J connectivity index is 1.81. The molecule has 0 bridgehead atoms. The van der Waals surface area contributed by atoms with Gasteiger partial charge in [-0.05, 0) is 43.9 Å². The number of benzene rings is 1. The monoisotopic (exact) mass is 334 g/mol. The average Bonchev–Trinajstić information content (AvgIpc) is 3.40. The SMILES string of the molecule is COc1ccc(OC)c([C@H](O)CN2C(=O)N[C@](C)(C3CC3)C2=O)c1. The summed E-state index contributed by atoms with van der Waals surface area (Å²) < 4.78 is 10.4. The molecule has 1 aliphatic heterocycles. The number of amides is 3. The standard InChI is InChI=1S/C17H22N2O5/c1-17(10-4-5-10)15(21)19(16(22)18-17)9-13(20)12-8-11(23-2)6-7-14(12)24-3/h6-8,10,13,20H,4-5,9H2,1-3H3,(H,18,22)/t13-,17-/m1/s1. The van der Waals surface area contributed by atoms with Gasteiger partial charge in [-0.2, -0.15) is 0 Å². The van der Waals surface area contributed by atoms with Crippen LogP contribution in [0.5, 0.6) is 11.5 Å². The average molecular weight is 334 g/mol. The number of aliphatic hydroxyl groups is 1. The maximum atomic E-state index is 12.6.